The number of nitrogens with zero attached hydrogens (tertiary/aromatic N) is 3. The van der Waals surface area contributed by atoms with E-state index in [9.17, 15) is 10.1 Å². The monoisotopic (exact) mass is 369 g/mol. The Morgan fingerprint density at radius 2 is 1.81 bits per heavy atom. The minimum Gasteiger partial charge on any atom is -0.364 e. The van der Waals surface area contributed by atoms with Gasteiger partial charge in [-0.3, -0.25) is 10.1 Å². The number of anilines is 3. The van der Waals surface area contributed by atoms with E-state index < -0.39 is 4.92 Å². The van der Waals surface area contributed by atoms with Crippen molar-refractivity contribution in [3.05, 3.63) is 81.6 Å². The second kappa shape index (κ2) is 8.26. The zero-order valence-electron chi connectivity index (χ0n) is 13.7. The molecule has 7 nitrogen and oxygen atoms in total. The van der Waals surface area contributed by atoms with Crippen molar-refractivity contribution in [2.45, 2.75) is 6.42 Å². The molecule has 0 amide bonds. The molecule has 3 aromatic rings. The Morgan fingerprint density at radius 1 is 1.04 bits per heavy atom. The second-order valence-corrected chi connectivity index (χ2v) is 5.91. The zero-order chi connectivity index (χ0) is 18.4. The number of nitrogens with one attached hydrogen (secondary N) is 2. The van der Waals surface area contributed by atoms with E-state index in [4.69, 9.17) is 11.6 Å². The molecule has 0 fully saturated rings. The van der Waals surface area contributed by atoms with Crippen LogP contribution in [0, 0.1) is 10.1 Å². The summed E-state index contributed by atoms with van der Waals surface area (Å²) in [7, 11) is 0. The molecule has 0 saturated heterocycles. The van der Waals surface area contributed by atoms with Gasteiger partial charge in [0.1, 0.15) is 6.33 Å². The highest BCUT2D eigenvalue weighted by atomic mass is 35.5. The van der Waals surface area contributed by atoms with Crippen molar-refractivity contribution in [1.82, 2.24) is 9.97 Å². The van der Waals surface area contributed by atoms with Crippen molar-refractivity contribution >= 4 is 34.6 Å². The lowest BCUT2D eigenvalue weighted by Gasteiger charge is -2.10. The van der Waals surface area contributed by atoms with Gasteiger partial charge in [0, 0.05) is 17.3 Å². The second-order valence-electron chi connectivity index (χ2n) is 5.47. The van der Waals surface area contributed by atoms with Crippen LogP contribution in [0.3, 0.4) is 0 Å². The van der Waals surface area contributed by atoms with Crippen molar-refractivity contribution in [3.8, 4) is 0 Å². The molecule has 26 heavy (non-hydrogen) atoms. The van der Waals surface area contributed by atoms with Crippen LogP contribution in [0.15, 0.2) is 60.9 Å². The van der Waals surface area contributed by atoms with E-state index in [2.05, 4.69) is 20.6 Å². The van der Waals surface area contributed by atoms with Crippen LogP contribution < -0.4 is 10.6 Å². The third kappa shape index (κ3) is 4.46. The lowest BCUT2D eigenvalue weighted by molar-refractivity contribution is -0.383. The van der Waals surface area contributed by atoms with Crippen molar-refractivity contribution in [3.63, 3.8) is 0 Å². The maximum Gasteiger partial charge on any atom is 0.353 e. The Bertz CT molecular complexity index is 905. The summed E-state index contributed by atoms with van der Waals surface area (Å²) in [6.45, 7) is 0.512. The summed E-state index contributed by atoms with van der Waals surface area (Å²) >= 11 is 5.95. The molecule has 0 aliphatic heterocycles. The van der Waals surface area contributed by atoms with Crippen molar-refractivity contribution in [1.29, 1.82) is 0 Å². The maximum absolute atomic E-state index is 11.6. The van der Waals surface area contributed by atoms with E-state index in [1.807, 2.05) is 30.3 Å². The highest BCUT2D eigenvalue weighted by Crippen LogP contribution is 2.31. The highest BCUT2D eigenvalue weighted by Gasteiger charge is 2.23. The summed E-state index contributed by atoms with van der Waals surface area (Å²) in [4.78, 5) is 19.1. The van der Waals surface area contributed by atoms with Crippen LogP contribution in [0.25, 0.3) is 0 Å². The van der Waals surface area contributed by atoms with Gasteiger partial charge in [0.15, 0.2) is 0 Å². The maximum atomic E-state index is 11.6. The van der Waals surface area contributed by atoms with E-state index in [1.165, 1.54) is 6.33 Å². The molecule has 0 bridgehead atoms. The van der Waals surface area contributed by atoms with Gasteiger partial charge in [-0.05, 0) is 30.2 Å². The molecule has 0 saturated carbocycles. The molecule has 2 aromatic carbocycles. The van der Waals surface area contributed by atoms with Crippen molar-refractivity contribution in [2.24, 2.45) is 0 Å². The molecule has 0 radical (unpaired) electrons. The Balaban J connectivity index is 1.78. The average molecular weight is 370 g/mol. The highest BCUT2D eigenvalue weighted by molar-refractivity contribution is 6.30. The summed E-state index contributed by atoms with van der Waals surface area (Å²) < 4.78 is 0. The van der Waals surface area contributed by atoms with Crippen LogP contribution in [0.5, 0.6) is 0 Å². The number of hydrogen-bond donors (Lipinski definition) is 2. The summed E-state index contributed by atoms with van der Waals surface area (Å²) in [5, 5.41) is 18.0. The van der Waals surface area contributed by atoms with Crippen molar-refractivity contribution < 1.29 is 4.92 Å². The van der Waals surface area contributed by atoms with Gasteiger partial charge < -0.3 is 10.6 Å². The molecule has 8 heteroatoms. The smallest absolute Gasteiger partial charge is 0.353 e. The normalized spacial score (nSPS) is 10.3. The van der Waals surface area contributed by atoms with E-state index in [0.29, 0.717) is 17.3 Å². The molecule has 0 aliphatic rings. The van der Waals surface area contributed by atoms with Gasteiger partial charge >= 0.3 is 5.69 Å². The molecule has 132 valence electrons. The first-order chi connectivity index (χ1) is 12.6. The van der Waals surface area contributed by atoms with Gasteiger partial charge in [-0.2, -0.15) is 0 Å². The first-order valence-electron chi connectivity index (χ1n) is 7.93. The molecule has 0 spiro atoms. The predicted molar refractivity (Wildman–Crippen MR) is 102 cm³/mol. The first kappa shape index (κ1) is 17.6. The van der Waals surface area contributed by atoms with Gasteiger partial charge in [0.2, 0.25) is 11.6 Å². The number of aromatic nitrogens is 2. The molecule has 2 N–H and O–H groups in total. The average Bonchev–Trinajstić information content (AvgIpc) is 2.62. The Kier molecular flexibility index (Phi) is 5.60. The fourth-order valence-corrected chi connectivity index (χ4v) is 2.64. The minimum atomic E-state index is -0.502. The van der Waals surface area contributed by atoms with E-state index >= 15 is 0 Å². The molecule has 3 rings (SSSR count). The number of halogens is 1. The quantitative estimate of drug-likeness (QED) is 0.472. The van der Waals surface area contributed by atoms with Gasteiger partial charge in [0.25, 0.3) is 0 Å². The number of hydrogen-bond acceptors (Lipinski definition) is 6. The number of rotatable bonds is 7. The molecule has 0 aliphatic carbocycles. The SMILES string of the molecule is O=[N+]([O-])c1c(NCCc2ccccc2)ncnc1Nc1cccc(Cl)c1. The van der Waals surface area contributed by atoms with E-state index in [-0.39, 0.29) is 17.3 Å². The van der Waals surface area contributed by atoms with Crippen LogP contribution in [0.4, 0.5) is 23.0 Å². The van der Waals surface area contributed by atoms with E-state index in [0.717, 1.165) is 12.0 Å². The van der Waals surface area contributed by atoms with Crippen LogP contribution in [0.1, 0.15) is 5.56 Å². The standard InChI is InChI=1S/C18H16ClN5O2/c19-14-7-4-8-15(11-14)23-18-16(24(25)26)17(21-12-22-18)20-10-9-13-5-2-1-3-6-13/h1-8,11-12H,9-10H2,(H2,20,21,22,23). The number of nitro groups is 1. The van der Waals surface area contributed by atoms with Gasteiger partial charge in [-0.25, -0.2) is 9.97 Å². The van der Waals surface area contributed by atoms with Crippen LogP contribution >= 0.6 is 11.6 Å². The minimum absolute atomic E-state index is 0.106. The fraction of sp³-hybridized carbons (Fsp3) is 0.111. The molecular weight excluding hydrogens is 354 g/mol. The van der Waals surface area contributed by atoms with Gasteiger partial charge in [-0.15, -0.1) is 0 Å². The summed E-state index contributed by atoms with van der Waals surface area (Å²) in [5.74, 6) is 0.278. The molecular formula is C18H16ClN5O2. The van der Waals surface area contributed by atoms with Gasteiger partial charge in [-0.1, -0.05) is 48.0 Å². The summed E-state index contributed by atoms with van der Waals surface area (Å²) in [6, 6.07) is 16.7. The number of benzene rings is 2. The lowest BCUT2D eigenvalue weighted by Crippen LogP contribution is -2.10. The topological polar surface area (TPSA) is 93.0 Å². The van der Waals surface area contributed by atoms with E-state index in [1.54, 1.807) is 24.3 Å². The largest absolute Gasteiger partial charge is 0.364 e. The Labute approximate surface area is 155 Å². The Morgan fingerprint density at radius 3 is 2.54 bits per heavy atom. The zero-order valence-corrected chi connectivity index (χ0v) is 14.5. The van der Waals surface area contributed by atoms with Gasteiger partial charge in [0.05, 0.1) is 4.92 Å². The van der Waals surface area contributed by atoms with Crippen LogP contribution in [-0.4, -0.2) is 21.4 Å². The Hall–Kier alpha value is -3.19. The summed E-state index contributed by atoms with van der Waals surface area (Å²) in [6.07, 6.45) is 2.00. The third-order valence-electron chi connectivity index (χ3n) is 3.64. The van der Waals surface area contributed by atoms with Crippen LogP contribution in [0.2, 0.25) is 5.02 Å². The molecule has 1 aromatic heterocycles. The lowest BCUT2D eigenvalue weighted by atomic mass is 10.1. The predicted octanol–water partition coefficient (Wildman–Crippen LogP) is 4.44. The fourth-order valence-electron chi connectivity index (χ4n) is 2.45. The van der Waals surface area contributed by atoms with Crippen molar-refractivity contribution in [2.75, 3.05) is 17.2 Å². The molecule has 0 atom stereocenters. The summed E-state index contributed by atoms with van der Waals surface area (Å²) in [5.41, 5.74) is 1.53. The third-order valence-corrected chi connectivity index (χ3v) is 3.88. The molecule has 0 unspecified atom stereocenters. The van der Waals surface area contributed by atoms with Crippen LogP contribution in [-0.2, 0) is 6.42 Å². The first-order valence-corrected chi connectivity index (χ1v) is 8.31. The molecule has 1 heterocycles.